The molecule has 2 heterocycles. The number of alkyl halides is 3. The van der Waals surface area contributed by atoms with Gasteiger partial charge in [-0.15, -0.1) is 0 Å². The molecular weight excluding hydrogens is 409 g/mol. The maximum Gasteiger partial charge on any atom is 0.416 e. The highest BCUT2D eigenvalue weighted by atomic mass is 19.4. The number of rotatable bonds is 5. The Morgan fingerprint density at radius 2 is 1.90 bits per heavy atom. The first-order chi connectivity index (χ1) is 14.8. The second-order valence-electron chi connectivity index (χ2n) is 7.70. The second kappa shape index (κ2) is 8.50. The third kappa shape index (κ3) is 4.77. The summed E-state index contributed by atoms with van der Waals surface area (Å²) < 4.78 is 38.8. The zero-order valence-corrected chi connectivity index (χ0v) is 16.6. The van der Waals surface area contributed by atoms with E-state index in [1.54, 1.807) is 24.4 Å². The summed E-state index contributed by atoms with van der Waals surface area (Å²) in [5, 5.41) is 16.0. The minimum atomic E-state index is -4.34. The van der Waals surface area contributed by atoms with Crippen molar-refractivity contribution in [2.24, 2.45) is 0 Å². The number of non-ortho nitro benzene ring substituents is 1. The molecular formula is C22H21F3N4O2. The van der Waals surface area contributed by atoms with Gasteiger partial charge in [0, 0.05) is 55.2 Å². The van der Waals surface area contributed by atoms with Crippen molar-refractivity contribution < 1.29 is 18.1 Å². The lowest BCUT2D eigenvalue weighted by Gasteiger charge is -2.33. The second-order valence-corrected chi connectivity index (χ2v) is 7.70. The number of benzene rings is 2. The zero-order chi connectivity index (χ0) is 22.0. The Bertz CT molecular complexity index is 1100. The average Bonchev–Trinajstić information content (AvgIpc) is 2.75. The van der Waals surface area contributed by atoms with Crippen molar-refractivity contribution >= 4 is 22.1 Å². The van der Waals surface area contributed by atoms with E-state index in [-0.39, 0.29) is 11.7 Å². The van der Waals surface area contributed by atoms with Crippen LogP contribution in [0.3, 0.4) is 0 Å². The highest BCUT2D eigenvalue weighted by Gasteiger charge is 2.30. The first-order valence-corrected chi connectivity index (χ1v) is 9.97. The van der Waals surface area contributed by atoms with E-state index in [0.717, 1.165) is 43.1 Å². The number of halogens is 3. The number of anilines is 1. The molecule has 1 aliphatic heterocycles. The van der Waals surface area contributed by atoms with Crippen LogP contribution in [0.4, 0.5) is 24.5 Å². The Morgan fingerprint density at radius 3 is 2.61 bits per heavy atom. The Balaban J connectivity index is 1.40. The van der Waals surface area contributed by atoms with Crippen LogP contribution >= 0.6 is 0 Å². The molecule has 31 heavy (non-hydrogen) atoms. The number of nitrogens with one attached hydrogen (secondary N) is 1. The number of fused-ring (bicyclic) bond motifs is 1. The van der Waals surface area contributed by atoms with Crippen LogP contribution in [0, 0.1) is 10.1 Å². The molecule has 0 amide bonds. The summed E-state index contributed by atoms with van der Waals surface area (Å²) in [5.74, 6) is 0. The molecule has 9 heteroatoms. The third-order valence-corrected chi connectivity index (χ3v) is 5.60. The fraction of sp³-hybridized carbons (Fsp3) is 0.318. The number of nitrogens with zero attached hydrogens (tertiary/aromatic N) is 3. The van der Waals surface area contributed by atoms with Crippen LogP contribution in [0.1, 0.15) is 24.0 Å². The van der Waals surface area contributed by atoms with Crippen molar-refractivity contribution in [1.29, 1.82) is 0 Å². The monoisotopic (exact) mass is 430 g/mol. The predicted octanol–water partition coefficient (Wildman–Crippen LogP) is 5.24. The van der Waals surface area contributed by atoms with Gasteiger partial charge in [-0.3, -0.25) is 20.0 Å². The number of nitro groups is 1. The van der Waals surface area contributed by atoms with Gasteiger partial charge in [0.05, 0.1) is 15.9 Å². The van der Waals surface area contributed by atoms with Gasteiger partial charge in [0.15, 0.2) is 0 Å². The van der Waals surface area contributed by atoms with Crippen LogP contribution in [0.15, 0.2) is 54.9 Å². The highest BCUT2D eigenvalue weighted by Crippen LogP contribution is 2.32. The van der Waals surface area contributed by atoms with Crippen molar-refractivity contribution in [1.82, 2.24) is 9.88 Å². The number of piperidine rings is 1. The molecule has 1 saturated heterocycles. The first-order valence-electron chi connectivity index (χ1n) is 9.97. The molecule has 162 valence electrons. The quantitative estimate of drug-likeness (QED) is 0.443. The van der Waals surface area contributed by atoms with E-state index >= 15 is 0 Å². The van der Waals surface area contributed by atoms with Gasteiger partial charge >= 0.3 is 6.18 Å². The third-order valence-electron chi connectivity index (χ3n) is 5.60. The largest absolute Gasteiger partial charge is 0.416 e. The summed E-state index contributed by atoms with van der Waals surface area (Å²) in [6, 6.07) is 10.6. The van der Waals surface area contributed by atoms with Crippen LogP contribution < -0.4 is 5.32 Å². The predicted molar refractivity (Wildman–Crippen MR) is 112 cm³/mol. The highest BCUT2D eigenvalue weighted by molar-refractivity contribution is 5.99. The summed E-state index contributed by atoms with van der Waals surface area (Å²) >= 11 is 0. The first kappa shape index (κ1) is 21.0. The zero-order valence-electron chi connectivity index (χ0n) is 16.6. The minimum Gasteiger partial charge on any atom is -0.382 e. The standard InChI is InChI=1S/C22H21F3N4O2/c23-22(24,25)16-3-1-2-15(12-16)14-28-10-7-17(8-11-28)27-20-4-5-21(29(30)31)19-13-26-9-6-18(19)20/h1-6,9,12-13,17,27H,7-8,10-11,14H2. The molecule has 6 nitrogen and oxygen atoms in total. The van der Waals surface area contributed by atoms with Crippen LogP contribution in [-0.2, 0) is 12.7 Å². The van der Waals surface area contributed by atoms with Crippen LogP contribution in [0.2, 0.25) is 0 Å². The molecule has 0 aliphatic carbocycles. The SMILES string of the molecule is O=[N+]([O-])c1ccc(NC2CCN(Cc3cccc(C(F)(F)F)c3)CC2)c2ccncc12. The minimum absolute atomic E-state index is 0.0181. The molecule has 0 atom stereocenters. The normalized spacial score (nSPS) is 15.8. The van der Waals surface area contributed by atoms with Gasteiger partial charge in [0.1, 0.15) is 0 Å². The number of aromatic nitrogens is 1. The Kier molecular flexibility index (Phi) is 5.77. The lowest BCUT2D eigenvalue weighted by Crippen LogP contribution is -2.38. The van der Waals surface area contributed by atoms with Crippen LogP contribution in [0.25, 0.3) is 10.8 Å². The summed E-state index contributed by atoms with van der Waals surface area (Å²) in [7, 11) is 0. The topological polar surface area (TPSA) is 71.3 Å². The van der Waals surface area contributed by atoms with E-state index in [0.29, 0.717) is 17.5 Å². The fourth-order valence-electron chi connectivity index (χ4n) is 4.02. The average molecular weight is 430 g/mol. The molecule has 0 radical (unpaired) electrons. The van der Waals surface area contributed by atoms with Crippen molar-refractivity contribution in [3.63, 3.8) is 0 Å². The summed E-state index contributed by atoms with van der Waals surface area (Å²) in [4.78, 5) is 17.0. The van der Waals surface area contributed by atoms with E-state index in [1.165, 1.54) is 24.4 Å². The van der Waals surface area contributed by atoms with Crippen molar-refractivity contribution in [3.8, 4) is 0 Å². The fourth-order valence-corrected chi connectivity index (χ4v) is 4.02. The van der Waals surface area contributed by atoms with Crippen molar-refractivity contribution in [2.45, 2.75) is 31.6 Å². The summed E-state index contributed by atoms with van der Waals surface area (Å²) in [5.41, 5.74) is 0.861. The molecule has 1 fully saturated rings. The Morgan fingerprint density at radius 1 is 1.13 bits per heavy atom. The van der Waals surface area contributed by atoms with Crippen molar-refractivity contribution in [2.75, 3.05) is 18.4 Å². The lowest BCUT2D eigenvalue weighted by atomic mass is 10.0. The summed E-state index contributed by atoms with van der Waals surface area (Å²) in [6.07, 6.45) is 0.409. The number of hydrogen-bond acceptors (Lipinski definition) is 5. The molecule has 0 unspecified atom stereocenters. The van der Waals surface area contributed by atoms with E-state index in [4.69, 9.17) is 0 Å². The van der Waals surface area contributed by atoms with Gasteiger partial charge in [-0.05, 0) is 36.6 Å². The Hall–Kier alpha value is -3.20. The lowest BCUT2D eigenvalue weighted by molar-refractivity contribution is -0.383. The molecule has 3 aromatic rings. The molecule has 1 N–H and O–H groups in total. The van der Waals surface area contributed by atoms with Gasteiger partial charge in [-0.1, -0.05) is 18.2 Å². The van der Waals surface area contributed by atoms with Gasteiger partial charge in [-0.2, -0.15) is 13.2 Å². The number of likely N-dealkylation sites (tertiary alicyclic amines) is 1. The van der Waals surface area contributed by atoms with Gasteiger partial charge in [0.2, 0.25) is 0 Å². The van der Waals surface area contributed by atoms with Gasteiger partial charge in [0.25, 0.3) is 5.69 Å². The van der Waals surface area contributed by atoms with E-state index in [1.807, 2.05) is 0 Å². The Labute approximate surface area is 176 Å². The molecule has 2 aromatic carbocycles. The smallest absolute Gasteiger partial charge is 0.382 e. The van der Waals surface area contributed by atoms with Crippen LogP contribution in [-0.4, -0.2) is 33.9 Å². The van der Waals surface area contributed by atoms with E-state index in [9.17, 15) is 23.3 Å². The summed E-state index contributed by atoms with van der Waals surface area (Å²) in [6.45, 7) is 1.98. The maximum absolute atomic E-state index is 12.9. The van der Waals surface area contributed by atoms with E-state index in [2.05, 4.69) is 15.2 Å². The molecule has 1 aliphatic rings. The molecule has 0 bridgehead atoms. The maximum atomic E-state index is 12.9. The number of nitro benzene ring substituents is 1. The molecule has 1 aromatic heterocycles. The van der Waals surface area contributed by atoms with E-state index < -0.39 is 16.7 Å². The van der Waals surface area contributed by atoms with Crippen molar-refractivity contribution in [3.05, 3.63) is 76.1 Å². The molecule has 0 spiro atoms. The van der Waals surface area contributed by atoms with Crippen LogP contribution in [0.5, 0.6) is 0 Å². The molecule has 0 saturated carbocycles. The van der Waals surface area contributed by atoms with Gasteiger partial charge < -0.3 is 5.32 Å². The number of pyridine rings is 1. The molecule has 4 rings (SSSR count). The van der Waals surface area contributed by atoms with Gasteiger partial charge in [-0.25, -0.2) is 0 Å². The number of hydrogen-bond donors (Lipinski definition) is 1.